The van der Waals surface area contributed by atoms with Crippen LogP contribution < -0.4 is 4.74 Å². The minimum absolute atomic E-state index is 0.267. The molecule has 2 nitrogen and oxygen atoms in total. The van der Waals surface area contributed by atoms with Crippen LogP contribution >= 0.6 is 0 Å². The highest BCUT2D eigenvalue weighted by molar-refractivity contribution is 5.40. The molecule has 0 saturated heterocycles. The van der Waals surface area contributed by atoms with Gasteiger partial charge < -0.3 is 9.84 Å². The van der Waals surface area contributed by atoms with Gasteiger partial charge in [0.15, 0.2) is 0 Å². The molecule has 0 unspecified atom stereocenters. The molecule has 0 bridgehead atoms. The molecule has 0 saturated carbocycles. The first-order chi connectivity index (χ1) is 8.92. The molecule has 19 heavy (non-hydrogen) atoms. The van der Waals surface area contributed by atoms with Crippen LogP contribution in [0.2, 0.25) is 0 Å². The van der Waals surface area contributed by atoms with Crippen molar-refractivity contribution in [2.75, 3.05) is 6.61 Å². The molecule has 0 fully saturated rings. The van der Waals surface area contributed by atoms with Gasteiger partial charge in [0.2, 0.25) is 0 Å². The Morgan fingerprint density at radius 3 is 2.63 bits per heavy atom. The van der Waals surface area contributed by atoms with Crippen molar-refractivity contribution in [3.63, 3.8) is 0 Å². The van der Waals surface area contributed by atoms with Crippen molar-refractivity contribution < 1.29 is 14.2 Å². The van der Waals surface area contributed by atoms with E-state index in [1.54, 1.807) is 26.0 Å². The quantitative estimate of drug-likeness (QED) is 0.651. The molecule has 0 amide bonds. The fraction of sp³-hybridized carbons (Fsp3) is 0.500. The van der Waals surface area contributed by atoms with E-state index in [1.165, 1.54) is 6.07 Å². The smallest absolute Gasteiger partial charge is 0.142 e. The molecule has 0 aromatic heterocycles. The predicted molar refractivity (Wildman–Crippen MR) is 74.6 cm³/mol. The van der Waals surface area contributed by atoms with Crippen LogP contribution in [-0.2, 0) is 0 Å². The number of hydrogen-bond acceptors (Lipinski definition) is 2. The van der Waals surface area contributed by atoms with Crippen LogP contribution in [0.3, 0.4) is 0 Å². The van der Waals surface area contributed by atoms with Crippen molar-refractivity contribution in [2.45, 2.75) is 45.6 Å². The number of hydrogen-bond donors (Lipinski definition) is 1. The van der Waals surface area contributed by atoms with Gasteiger partial charge in [0.25, 0.3) is 0 Å². The van der Waals surface area contributed by atoms with Crippen molar-refractivity contribution in [3.8, 4) is 17.6 Å². The molecule has 0 aliphatic heterocycles. The summed E-state index contributed by atoms with van der Waals surface area (Å²) < 4.78 is 19.2. The predicted octanol–water partition coefficient (Wildman–Crippen LogP) is 3.52. The van der Waals surface area contributed by atoms with E-state index in [-0.39, 0.29) is 5.56 Å². The average Bonchev–Trinajstić information content (AvgIpc) is 2.32. The van der Waals surface area contributed by atoms with Crippen LogP contribution in [0.15, 0.2) is 18.2 Å². The molecule has 1 N–H and O–H groups in total. The molecule has 1 aromatic carbocycles. The number of unbranched alkanes of at least 4 members (excludes halogenated alkanes) is 2. The average molecular weight is 264 g/mol. The maximum atomic E-state index is 13.7. The zero-order valence-corrected chi connectivity index (χ0v) is 11.8. The second-order valence-electron chi connectivity index (χ2n) is 5.01. The van der Waals surface area contributed by atoms with Crippen molar-refractivity contribution >= 4 is 0 Å². The van der Waals surface area contributed by atoms with Gasteiger partial charge in [-0.15, -0.1) is 0 Å². The minimum atomic E-state index is -1.12. The van der Waals surface area contributed by atoms with Gasteiger partial charge in [-0.2, -0.15) is 0 Å². The van der Waals surface area contributed by atoms with Crippen molar-refractivity contribution in [2.24, 2.45) is 0 Å². The van der Waals surface area contributed by atoms with E-state index in [4.69, 9.17) is 4.74 Å². The first kappa shape index (κ1) is 15.5. The maximum absolute atomic E-state index is 13.7. The minimum Gasteiger partial charge on any atom is -0.493 e. The number of aliphatic hydroxyl groups is 1. The normalized spacial score (nSPS) is 10.8. The third kappa shape index (κ3) is 6.26. The standard InChI is InChI=1S/C16H21FO2/c1-4-5-6-11-19-14-8-7-13(15(17)12-14)9-10-16(2,3)18/h7-8,12,18H,4-6,11H2,1-3H3. The summed E-state index contributed by atoms with van der Waals surface area (Å²) in [5, 5.41) is 9.47. The van der Waals surface area contributed by atoms with Gasteiger partial charge in [-0.1, -0.05) is 31.6 Å². The molecule has 0 aliphatic carbocycles. The summed E-state index contributed by atoms with van der Waals surface area (Å²) in [6.07, 6.45) is 3.21. The molecule has 1 aromatic rings. The highest BCUT2D eigenvalue weighted by Crippen LogP contribution is 2.16. The Balaban J connectivity index is 2.66. The Labute approximate surface area is 114 Å². The summed E-state index contributed by atoms with van der Waals surface area (Å²) in [5.74, 6) is 5.30. The van der Waals surface area contributed by atoms with Crippen LogP contribution in [0.4, 0.5) is 4.39 Å². The highest BCUT2D eigenvalue weighted by Gasteiger charge is 2.07. The molecule has 104 valence electrons. The van der Waals surface area contributed by atoms with E-state index in [1.807, 2.05) is 0 Å². The summed E-state index contributed by atoms with van der Waals surface area (Å²) in [6.45, 7) is 5.84. The van der Waals surface area contributed by atoms with Gasteiger partial charge >= 0.3 is 0 Å². The fourth-order valence-corrected chi connectivity index (χ4v) is 1.45. The lowest BCUT2D eigenvalue weighted by Crippen LogP contribution is -2.14. The molecule has 0 spiro atoms. The monoisotopic (exact) mass is 264 g/mol. The lowest BCUT2D eigenvalue weighted by molar-refractivity contribution is 0.143. The van der Waals surface area contributed by atoms with E-state index in [2.05, 4.69) is 18.8 Å². The largest absolute Gasteiger partial charge is 0.493 e. The topological polar surface area (TPSA) is 29.5 Å². The van der Waals surface area contributed by atoms with E-state index in [0.717, 1.165) is 19.3 Å². The summed E-state index contributed by atoms with van der Waals surface area (Å²) in [7, 11) is 0. The Kier molecular flexibility index (Phi) is 5.85. The fourth-order valence-electron chi connectivity index (χ4n) is 1.45. The first-order valence-electron chi connectivity index (χ1n) is 6.60. The molecule has 0 radical (unpaired) electrons. The van der Waals surface area contributed by atoms with E-state index in [9.17, 15) is 9.50 Å². The van der Waals surface area contributed by atoms with Crippen LogP contribution in [0, 0.1) is 17.7 Å². The molecular weight excluding hydrogens is 243 g/mol. The lowest BCUT2D eigenvalue weighted by atomic mass is 10.1. The molecule has 3 heteroatoms. The van der Waals surface area contributed by atoms with Gasteiger partial charge in [-0.25, -0.2) is 4.39 Å². The summed E-state index contributed by atoms with van der Waals surface area (Å²) >= 11 is 0. The summed E-state index contributed by atoms with van der Waals surface area (Å²) in [6, 6.07) is 4.60. The second-order valence-corrected chi connectivity index (χ2v) is 5.01. The van der Waals surface area contributed by atoms with E-state index < -0.39 is 11.4 Å². The number of ether oxygens (including phenoxy) is 1. The van der Waals surface area contributed by atoms with Crippen molar-refractivity contribution in [3.05, 3.63) is 29.6 Å². The molecule has 1 rings (SSSR count). The maximum Gasteiger partial charge on any atom is 0.142 e. The van der Waals surface area contributed by atoms with Crippen LogP contribution in [-0.4, -0.2) is 17.3 Å². The van der Waals surface area contributed by atoms with E-state index in [0.29, 0.717) is 12.4 Å². The van der Waals surface area contributed by atoms with Gasteiger partial charge in [-0.3, -0.25) is 0 Å². The van der Waals surface area contributed by atoms with E-state index >= 15 is 0 Å². The van der Waals surface area contributed by atoms with Gasteiger partial charge in [0.1, 0.15) is 17.2 Å². The Morgan fingerprint density at radius 2 is 2.05 bits per heavy atom. The van der Waals surface area contributed by atoms with Gasteiger partial charge in [0, 0.05) is 6.07 Å². The zero-order chi connectivity index (χ0) is 14.3. The molecule has 0 aliphatic rings. The molecular formula is C16H21FO2. The Hall–Kier alpha value is -1.53. The van der Waals surface area contributed by atoms with Gasteiger partial charge in [0.05, 0.1) is 12.2 Å². The third-order valence-corrected chi connectivity index (χ3v) is 2.46. The highest BCUT2D eigenvalue weighted by atomic mass is 19.1. The van der Waals surface area contributed by atoms with Crippen LogP contribution in [0.25, 0.3) is 0 Å². The van der Waals surface area contributed by atoms with Gasteiger partial charge in [-0.05, 0) is 32.4 Å². The molecule has 0 atom stereocenters. The molecule has 0 heterocycles. The number of rotatable bonds is 5. The summed E-state index contributed by atoms with van der Waals surface area (Å²) in [5.41, 5.74) is -0.857. The van der Waals surface area contributed by atoms with Crippen LogP contribution in [0.1, 0.15) is 45.6 Å². The third-order valence-electron chi connectivity index (χ3n) is 2.46. The summed E-state index contributed by atoms with van der Waals surface area (Å²) in [4.78, 5) is 0. The Bertz CT molecular complexity index is 464. The van der Waals surface area contributed by atoms with Crippen molar-refractivity contribution in [1.29, 1.82) is 0 Å². The Morgan fingerprint density at radius 1 is 1.32 bits per heavy atom. The second kappa shape index (κ2) is 7.16. The lowest BCUT2D eigenvalue weighted by Gasteiger charge is -2.07. The first-order valence-corrected chi connectivity index (χ1v) is 6.60. The number of benzene rings is 1. The van der Waals surface area contributed by atoms with Crippen LogP contribution in [0.5, 0.6) is 5.75 Å². The SMILES string of the molecule is CCCCCOc1ccc(C#CC(C)(C)O)c(F)c1. The zero-order valence-electron chi connectivity index (χ0n) is 11.8. The van der Waals surface area contributed by atoms with Crippen molar-refractivity contribution in [1.82, 2.24) is 0 Å². The number of halogens is 1.